The molecule has 0 radical (unpaired) electrons. The largest absolute Gasteiger partial charge is 0.282 e. The zero-order chi connectivity index (χ0) is 18.2. The summed E-state index contributed by atoms with van der Waals surface area (Å²) in [7, 11) is 0. The Kier molecular flexibility index (Phi) is 6.69. The maximum Gasteiger partial charge on any atom is 0.219 e. The van der Waals surface area contributed by atoms with Crippen molar-refractivity contribution in [2.24, 2.45) is 0 Å². The van der Waals surface area contributed by atoms with Gasteiger partial charge in [0.05, 0.1) is 0 Å². The van der Waals surface area contributed by atoms with E-state index < -0.39 is 0 Å². The number of hydrogen-bond donors (Lipinski definition) is 0. The van der Waals surface area contributed by atoms with Crippen LogP contribution in [0.3, 0.4) is 0 Å². The number of hydrogen-bond acceptors (Lipinski definition) is 4. The lowest BCUT2D eigenvalue weighted by Gasteiger charge is -2.04. The lowest BCUT2D eigenvalue weighted by molar-refractivity contribution is 0.107. The van der Waals surface area contributed by atoms with Crippen LogP contribution in [0.5, 0.6) is 0 Å². The van der Waals surface area contributed by atoms with Crippen LogP contribution in [-0.2, 0) is 11.5 Å². The molecule has 3 aromatic rings. The number of carbonyl (C=O) groups is 2. The molecule has 0 aromatic heterocycles. The van der Waals surface area contributed by atoms with E-state index >= 15 is 0 Å². The first-order chi connectivity index (χ1) is 12.7. The predicted octanol–water partition coefficient (Wildman–Crippen LogP) is 5.83. The van der Waals surface area contributed by atoms with E-state index in [-0.39, 0.29) is 10.2 Å². The first-order valence-corrected chi connectivity index (χ1v) is 10.2. The van der Waals surface area contributed by atoms with Gasteiger partial charge in [0.25, 0.3) is 0 Å². The van der Waals surface area contributed by atoms with E-state index in [4.69, 9.17) is 0 Å². The maximum atomic E-state index is 12.3. The molecule has 0 aliphatic carbocycles. The van der Waals surface area contributed by atoms with Crippen molar-refractivity contribution in [3.63, 3.8) is 0 Å². The summed E-state index contributed by atoms with van der Waals surface area (Å²) >= 11 is 2.55. The van der Waals surface area contributed by atoms with Crippen LogP contribution in [0, 0.1) is 0 Å². The Hall–Kier alpha value is -2.30. The summed E-state index contributed by atoms with van der Waals surface area (Å²) in [6.45, 7) is 0. The van der Waals surface area contributed by atoms with Crippen molar-refractivity contribution >= 4 is 33.8 Å². The normalized spacial score (nSPS) is 10.5. The van der Waals surface area contributed by atoms with E-state index in [1.165, 1.54) is 23.5 Å². The number of thioether (sulfide) groups is 2. The van der Waals surface area contributed by atoms with Crippen LogP contribution in [0.4, 0.5) is 0 Å². The van der Waals surface area contributed by atoms with Gasteiger partial charge in [0, 0.05) is 22.6 Å². The van der Waals surface area contributed by atoms with Crippen LogP contribution in [0.25, 0.3) is 0 Å². The lowest BCUT2D eigenvalue weighted by Crippen LogP contribution is -1.98. The van der Waals surface area contributed by atoms with Gasteiger partial charge < -0.3 is 0 Å². The van der Waals surface area contributed by atoms with Gasteiger partial charge in [-0.2, -0.15) is 0 Å². The van der Waals surface area contributed by atoms with Crippen molar-refractivity contribution in [2.45, 2.75) is 11.5 Å². The third-order valence-corrected chi connectivity index (χ3v) is 5.73. The van der Waals surface area contributed by atoms with Crippen LogP contribution in [0.1, 0.15) is 31.8 Å². The highest BCUT2D eigenvalue weighted by Crippen LogP contribution is 2.21. The maximum absolute atomic E-state index is 12.3. The molecule has 0 fully saturated rings. The molecule has 0 N–H and O–H groups in total. The molecule has 0 aliphatic rings. The molecule has 0 spiro atoms. The van der Waals surface area contributed by atoms with Crippen LogP contribution >= 0.6 is 23.5 Å². The summed E-state index contributed by atoms with van der Waals surface area (Å²) in [5.41, 5.74) is 3.48. The summed E-state index contributed by atoms with van der Waals surface area (Å²) in [6, 6.07) is 26.7. The van der Waals surface area contributed by atoms with Crippen molar-refractivity contribution in [3.05, 3.63) is 107 Å². The van der Waals surface area contributed by atoms with Crippen molar-refractivity contribution in [2.75, 3.05) is 0 Å². The van der Waals surface area contributed by atoms with E-state index in [1.54, 1.807) is 24.3 Å². The Morgan fingerprint density at radius 1 is 0.538 bits per heavy atom. The SMILES string of the molecule is O=C(SCc1ccccc1)c1ccc(C(=O)SCc2ccccc2)cc1. The molecule has 0 atom stereocenters. The minimum Gasteiger partial charge on any atom is -0.282 e. The van der Waals surface area contributed by atoms with E-state index in [1.807, 2.05) is 60.7 Å². The Morgan fingerprint density at radius 2 is 0.885 bits per heavy atom. The molecule has 0 saturated carbocycles. The van der Waals surface area contributed by atoms with Crippen LogP contribution in [-0.4, -0.2) is 10.2 Å². The Morgan fingerprint density at radius 3 is 1.23 bits per heavy atom. The second kappa shape index (κ2) is 9.41. The molecule has 130 valence electrons. The van der Waals surface area contributed by atoms with Crippen molar-refractivity contribution in [1.29, 1.82) is 0 Å². The zero-order valence-electron chi connectivity index (χ0n) is 14.1. The standard InChI is InChI=1S/C22H18O2S2/c23-21(25-15-17-7-3-1-4-8-17)19-11-13-20(14-12-19)22(24)26-16-18-9-5-2-6-10-18/h1-14H,15-16H2. The van der Waals surface area contributed by atoms with Crippen molar-refractivity contribution in [1.82, 2.24) is 0 Å². The molecule has 0 bridgehead atoms. The first kappa shape index (κ1) is 18.5. The molecule has 0 aliphatic heterocycles. The number of rotatable bonds is 6. The van der Waals surface area contributed by atoms with E-state index in [0.29, 0.717) is 22.6 Å². The van der Waals surface area contributed by atoms with E-state index in [9.17, 15) is 9.59 Å². The zero-order valence-corrected chi connectivity index (χ0v) is 15.8. The molecular formula is C22H18O2S2. The summed E-state index contributed by atoms with van der Waals surface area (Å²) in [5, 5.41) is 0.0366. The van der Waals surface area contributed by atoms with Gasteiger partial charge in [-0.05, 0) is 35.4 Å². The van der Waals surface area contributed by atoms with Gasteiger partial charge in [-0.15, -0.1) is 0 Å². The van der Waals surface area contributed by atoms with Crippen LogP contribution in [0.15, 0.2) is 84.9 Å². The Bertz CT molecular complexity index is 785. The molecular weight excluding hydrogens is 360 g/mol. The minimum atomic E-state index is 0.0183. The van der Waals surface area contributed by atoms with Crippen LogP contribution < -0.4 is 0 Å². The highest BCUT2D eigenvalue weighted by Gasteiger charge is 2.10. The highest BCUT2D eigenvalue weighted by molar-refractivity contribution is 8.13. The fourth-order valence-electron chi connectivity index (χ4n) is 2.36. The number of benzene rings is 3. The third kappa shape index (κ3) is 5.35. The monoisotopic (exact) mass is 378 g/mol. The fraction of sp³-hybridized carbons (Fsp3) is 0.0909. The summed E-state index contributed by atoms with van der Waals surface area (Å²) in [5.74, 6) is 1.29. The molecule has 0 saturated heterocycles. The molecule has 3 aromatic carbocycles. The second-order valence-corrected chi connectivity index (χ2v) is 7.60. The quantitative estimate of drug-likeness (QED) is 0.540. The third-order valence-electron chi connectivity index (χ3n) is 3.78. The molecule has 2 nitrogen and oxygen atoms in total. The fourth-order valence-corrected chi connectivity index (χ4v) is 3.94. The van der Waals surface area contributed by atoms with Gasteiger partial charge in [-0.25, -0.2) is 0 Å². The van der Waals surface area contributed by atoms with E-state index in [2.05, 4.69) is 0 Å². The van der Waals surface area contributed by atoms with E-state index in [0.717, 1.165) is 11.1 Å². The van der Waals surface area contributed by atoms with Crippen LogP contribution in [0.2, 0.25) is 0 Å². The Labute approximate surface area is 162 Å². The van der Waals surface area contributed by atoms with Gasteiger partial charge >= 0.3 is 0 Å². The summed E-state index contributed by atoms with van der Waals surface area (Å²) in [4.78, 5) is 24.6. The summed E-state index contributed by atoms with van der Waals surface area (Å²) < 4.78 is 0. The minimum absolute atomic E-state index is 0.0183. The van der Waals surface area contributed by atoms with Gasteiger partial charge in [0.1, 0.15) is 0 Å². The predicted molar refractivity (Wildman–Crippen MR) is 111 cm³/mol. The highest BCUT2D eigenvalue weighted by atomic mass is 32.2. The van der Waals surface area contributed by atoms with Gasteiger partial charge in [-0.3, -0.25) is 9.59 Å². The molecule has 0 unspecified atom stereocenters. The van der Waals surface area contributed by atoms with Gasteiger partial charge in [0.2, 0.25) is 10.2 Å². The average molecular weight is 379 g/mol. The molecule has 26 heavy (non-hydrogen) atoms. The smallest absolute Gasteiger partial charge is 0.219 e. The summed E-state index contributed by atoms with van der Waals surface area (Å²) in [6.07, 6.45) is 0. The van der Waals surface area contributed by atoms with Crippen molar-refractivity contribution in [3.8, 4) is 0 Å². The first-order valence-electron chi connectivity index (χ1n) is 8.24. The number of carbonyl (C=O) groups excluding carboxylic acids is 2. The second-order valence-electron chi connectivity index (χ2n) is 5.70. The molecule has 3 rings (SSSR count). The van der Waals surface area contributed by atoms with Gasteiger partial charge in [-0.1, -0.05) is 84.2 Å². The molecule has 4 heteroatoms. The average Bonchev–Trinajstić information content (AvgIpc) is 2.72. The Balaban J connectivity index is 1.53. The molecule has 0 amide bonds. The topological polar surface area (TPSA) is 34.1 Å². The molecule has 0 heterocycles. The van der Waals surface area contributed by atoms with Gasteiger partial charge in [0.15, 0.2) is 0 Å². The lowest BCUT2D eigenvalue weighted by atomic mass is 10.2. The van der Waals surface area contributed by atoms with Crippen molar-refractivity contribution < 1.29 is 9.59 Å².